The standard InChI is InChI=1S/C25H31N3O3/c1-25(2,3)31-24(29)27-23-21(10-6-14-26-23)13-12-19-8-5-9-20(16-19)17-28(4)18-22-11-7-15-30-22/h5-11,14-16H,12-13,17-18H2,1-4H3,(H,26,27,29). The number of aryl methyl sites for hydroxylation is 2. The molecule has 0 saturated carbocycles. The van der Waals surface area contributed by atoms with Gasteiger partial charge in [0.15, 0.2) is 0 Å². The number of carbonyl (C=O) groups is 1. The quantitative estimate of drug-likeness (QED) is 0.525. The van der Waals surface area contributed by atoms with Crippen LogP contribution in [0.1, 0.15) is 43.2 Å². The van der Waals surface area contributed by atoms with Gasteiger partial charge in [0.25, 0.3) is 0 Å². The van der Waals surface area contributed by atoms with Crippen molar-refractivity contribution in [3.63, 3.8) is 0 Å². The van der Waals surface area contributed by atoms with Gasteiger partial charge in [-0.05, 0) is 75.5 Å². The smallest absolute Gasteiger partial charge is 0.413 e. The number of aromatic nitrogens is 1. The molecule has 1 aromatic carbocycles. The molecule has 0 aliphatic heterocycles. The van der Waals surface area contributed by atoms with Crippen LogP contribution in [0.2, 0.25) is 0 Å². The van der Waals surface area contributed by atoms with Gasteiger partial charge < -0.3 is 9.15 Å². The largest absolute Gasteiger partial charge is 0.468 e. The second-order valence-corrected chi connectivity index (χ2v) is 8.71. The summed E-state index contributed by atoms with van der Waals surface area (Å²) in [7, 11) is 2.08. The van der Waals surface area contributed by atoms with Gasteiger partial charge in [-0.15, -0.1) is 0 Å². The van der Waals surface area contributed by atoms with Crippen LogP contribution in [0, 0.1) is 0 Å². The van der Waals surface area contributed by atoms with Gasteiger partial charge in [-0.2, -0.15) is 0 Å². The molecule has 3 aromatic rings. The highest BCUT2D eigenvalue weighted by Crippen LogP contribution is 2.18. The van der Waals surface area contributed by atoms with E-state index in [9.17, 15) is 4.79 Å². The molecule has 0 fully saturated rings. The van der Waals surface area contributed by atoms with Gasteiger partial charge in [-0.3, -0.25) is 10.2 Å². The van der Waals surface area contributed by atoms with Crippen LogP contribution >= 0.6 is 0 Å². The highest BCUT2D eigenvalue weighted by Gasteiger charge is 2.17. The minimum Gasteiger partial charge on any atom is -0.468 e. The molecular weight excluding hydrogens is 390 g/mol. The topological polar surface area (TPSA) is 67.6 Å². The number of rotatable bonds is 8. The van der Waals surface area contributed by atoms with E-state index in [4.69, 9.17) is 9.15 Å². The van der Waals surface area contributed by atoms with Crippen LogP contribution in [-0.2, 0) is 30.7 Å². The minimum atomic E-state index is -0.552. The van der Waals surface area contributed by atoms with E-state index in [1.54, 1.807) is 12.5 Å². The summed E-state index contributed by atoms with van der Waals surface area (Å²) < 4.78 is 10.8. The average molecular weight is 422 g/mol. The second-order valence-electron chi connectivity index (χ2n) is 8.71. The number of benzene rings is 1. The third-order valence-corrected chi connectivity index (χ3v) is 4.64. The monoisotopic (exact) mass is 421 g/mol. The number of hydrogen-bond donors (Lipinski definition) is 1. The Morgan fingerprint density at radius 2 is 1.87 bits per heavy atom. The summed E-state index contributed by atoms with van der Waals surface area (Å²) in [6.45, 7) is 7.13. The molecule has 164 valence electrons. The van der Waals surface area contributed by atoms with Gasteiger partial charge >= 0.3 is 6.09 Å². The Bertz CT molecular complexity index is 978. The Labute approximate surface area is 184 Å². The first kappa shape index (κ1) is 22.6. The number of pyridine rings is 1. The van der Waals surface area contributed by atoms with Crippen molar-refractivity contribution in [2.45, 2.75) is 52.3 Å². The predicted octanol–water partition coefficient (Wildman–Crippen LogP) is 5.44. The van der Waals surface area contributed by atoms with Crippen molar-refractivity contribution in [3.8, 4) is 0 Å². The SMILES string of the molecule is CN(Cc1cccc(CCc2cccnc2NC(=O)OC(C)(C)C)c1)Cc1ccco1. The van der Waals surface area contributed by atoms with Crippen molar-refractivity contribution in [2.75, 3.05) is 12.4 Å². The van der Waals surface area contributed by atoms with Gasteiger partial charge in [0.05, 0.1) is 12.8 Å². The maximum atomic E-state index is 12.1. The van der Waals surface area contributed by atoms with Crippen LogP contribution < -0.4 is 5.32 Å². The molecule has 6 nitrogen and oxygen atoms in total. The van der Waals surface area contributed by atoms with E-state index < -0.39 is 11.7 Å². The zero-order chi connectivity index (χ0) is 22.3. The molecule has 31 heavy (non-hydrogen) atoms. The Kier molecular flexibility index (Phi) is 7.47. The Hall–Kier alpha value is -3.12. The normalized spacial score (nSPS) is 11.5. The van der Waals surface area contributed by atoms with Gasteiger partial charge in [0.1, 0.15) is 17.2 Å². The maximum Gasteiger partial charge on any atom is 0.413 e. The van der Waals surface area contributed by atoms with Crippen LogP contribution in [0.4, 0.5) is 10.6 Å². The lowest BCUT2D eigenvalue weighted by Crippen LogP contribution is -2.27. The van der Waals surface area contributed by atoms with Gasteiger partial charge in [-0.25, -0.2) is 9.78 Å². The molecule has 3 rings (SSSR count). The summed E-state index contributed by atoms with van der Waals surface area (Å²) in [4.78, 5) is 18.7. The molecule has 0 spiro atoms. The Morgan fingerprint density at radius 3 is 2.61 bits per heavy atom. The molecule has 1 amide bonds. The first-order chi connectivity index (χ1) is 14.8. The highest BCUT2D eigenvalue weighted by atomic mass is 16.6. The maximum absolute atomic E-state index is 12.1. The average Bonchev–Trinajstić information content (AvgIpc) is 3.19. The van der Waals surface area contributed by atoms with Gasteiger partial charge in [0.2, 0.25) is 0 Å². The fourth-order valence-electron chi connectivity index (χ4n) is 3.35. The number of furan rings is 1. The van der Waals surface area contributed by atoms with Gasteiger partial charge in [-0.1, -0.05) is 30.3 Å². The number of carbonyl (C=O) groups excluding carboxylic acids is 1. The molecule has 0 saturated heterocycles. The summed E-state index contributed by atoms with van der Waals surface area (Å²) in [6, 6.07) is 16.4. The molecule has 2 aromatic heterocycles. The lowest BCUT2D eigenvalue weighted by Gasteiger charge is -2.20. The third-order valence-electron chi connectivity index (χ3n) is 4.64. The Balaban J connectivity index is 1.59. The first-order valence-electron chi connectivity index (χ1n) is 10.5. The summed E-state index contributed by atoms with van der Waals surface area (Å²) in [5.41, 5.74) is 2.93. The highest BCUT2D eigenvalue weighted by molar-refractivity contribution is 5.84. The molecule has 2 heterocycles. The number of anilines is 1. The number of nitrogens with zero attached hydrogens (tertiary/aromatic N) is 2. The fraction of sp³-hybridized carbons (Fsp3) is 0.360. The van der Waals surface area contributed by atoms with Crippen molar-refractivity contribution < 1.29 is 13.9 Å². The number of hydrogen-bond acceptors (Lipinski definition) is 5. The summed E-state index contributed by atoms with van der Waals surface area (Å²) in [5.74, 6) is 1.51. The lowest BCUT2D eigenvalue weighted by atomic mass is 10.0. The van der Waals surface area contributed by atoms with Crippen molar-refractivity contribution in [1.82, 2.24) is 9.88 Å². The first-order valence-corrected chi connectivity index (χ1v) is 10.5. The molecule has 6 heteroatoms. The molecule has 0 bridgehead atoms. The molecule has 0 aliphatic rings. The van der Waals surface area contributed by atoms with Crippen molar-refractivity contribution in [1.29, 1.82) is 0 Å². The fourth-order valence-corrected chi connectivity index (χ4v) is 3.35. The third kappa shape index (κ3) is 7.57. The van der Waals surface area contributed by atoms with E-state index in [0.717, 1.165) is 37.3 Å². The second kappa shape index (κ2) is 10.3. The molecular formula is C25H31N3O3. The zero-order valence-electron chi connectivity index (χ0n) is 18.7. The molecule has 0 radical (unpaired) electrons. The summed E-state index contributed by atoms with van der Waals surface area (Å²) >= 11 is 0. The van der Waals surface area contributed by atoms with E-state index in [1.807, 2.05) is 45.0 Å². The van der Waals surface area contributed by atoms with E-state index in [0.29, 0.717) is 5.82 Å². The number of amides is 1. The van der Waals surface area contributed by atoms with E-state index in [1.165, 1.54) is 11.1 Å². The lowest BCUT2D eigenvalue weighted by molar-refractivity contribution is 0.0635. The van der Waals surface area contributed by atoms with Crippen molar-refractivity contribution in [3.05, 3.63) is 83.4 Å². The van der Waals surface area contributed by atoms with Crippen LogP contribution in [0.25, 0.3) is 0 Å². The zero-order valence-corrected chi connectivity index (χ0v) is 18.7. The van der Waals surface area contributed by atoms with Crippen LogP contribution in [0.3, 0.4) is 0 Å². The molecule has 0 aliphatic carbocycles. The number of nitrogens with one attached hydrogen (secondary N) is 1. The van der Waals surface area contributed by atoms with Crippen LogP contribution in [-0.4, -0.2) is 28.6 Å². The summed E-state index contributed by atoms with van der Waals surface area (Å²) in [6.07, 6.45) is 4.50. The van der Waals surface area contributed by atoms with Gasteiger partial charge in [0, 0.05) is 12.7 Å². The molecule has 0 atom stereocenters. The van der Waals surface area contributed by atoms with Crippen LogP contribution in [0.15, 0.2) is 65.4 Å². The number of ether oxygens (including phenoxy) is 1. The predicted molar refractivity (Wildman–Crippen MR) is 122 cm³/mol. The van der Waals surface area contributed by atoms with Crippen molar-refractivity contribution >= 4 is 11.9 Å². The summed E-state index contributed by atoms with van der Waals surface area (Å²) in [5, 5.41) is 2.77. The van der Waals surface area contributed by atoms with E-state index in [2.05, 4.69) is 46.5 Å². The Morgan fingerprint density at radius 1 is 1.06 bits per heavy atom. The van der Waals surface area contributed by atoms with E-state index in [-0.39, 0.29) is 0 Å². The minimum absolute atomic E-state index is 0.492. The van der Waals surface area contributed by atoms with Crippen LogP contribution in [0.5, 0.6) is 0 Å². The molecule has 1 N–H and O–H groups in total. The molecule has 0 unspecified atom stereocenters. The van der Waals surface area contributed by atoms with E-state index >= 15 is 0 Å². The van der Waals surface area contributed by atoms with Crippen molar-refractivity contribution in [2.24, 2.45) is 0 Å².